The van der Waals surface area contributed by atoms with Gasteiger partial charge in [-0.1, -0.05) is 0 Å². The SMILES string of the molecule is CC(O)CC(C)NC(=O)c1ccc(S(C)(=O)=O)cc1. The number of rotatable bonds is 5. The van der Waals surface area contributed by atoms with Crippen molar-refractivity contribution in [1.82, 2.24) is 5.32 Å². The van der Waals surface area contributed by atoms with Crippen LogP contribution < -0.4 is 5.32 Å². The Bertz CT molecular complexity index is 534. The van der Waals surface area contributed by atoms with Gasteiger partial charge in [-0.25, -0.2) is 8.42 Å². The zero-order valence-electron chi connectivity index (χ0n) is 11.3. The minimum absolute atomic E-state index is 0.151. The third-order valence-electron chi connectivity index (χ3n) is 2.62. The van der Waals surface area contributed by atoms with Gasteiger partial charge in [0.15, 0.2) is 9.84 Å². The quantitative estimate of drug-likeness (QED) is 0.844. The van der Waals surface area contributed by atoms with Crippen molar-refractivity contribution in [3.05, 3.63) is 29.8 Å². The molecule has 0 radical (unpaired) electrons. The summed E-state index contributed by atoms with van der Waals surface area (Å²) in [4.78, 5) is 12.0. The van der Waals surface area contributed by atoms with E-state index < -0.39 is 15.9 Å². The van der Waals surface area contributed by atoms with E-state index in [1.54, 1.807) is 13.8 Å². The van der Waals surface area contributed by atoms with Crippen LogP contribution >= 0.6 is 0 Å². The highest BCUT2D eigenvalue weighted by Gasteiger charge is 2.13. The lowest BCUT2D eigenvalue weighted by Crippen LogP contribution is -2.34. The van der Waals surface area contributed by atoms with Gasteiger partial charge in [0.05, 0.1) is 11.0 Å². The number of aliphatic hydroxyl groups excluding tert-OH is 1. The first-order valence-corrected chi connectivity index (χ1v) is 7.88. The number of aliphatic hydroxyl groups is 1. The van der Waals surface area contributed by atoms with Gasteiger partial charge in [-0.05, 0) is 44.5 Å². The number of carbonyl (C=O) groups is 1. The van der Waals surface area contributed by atoms with E-state index in [1.165, 1.54) is 24.3 Å². The number of amides is 1. The van der Waals surface area contributed by atoms with Crippen LogP contribution in [0.15, 0.2) is 29.2 Å². The monoisotopic (exact) mass is 285 g/mol. The number of hydrogen-bond donors (Lipinski definition) is 2. The standard InChI is InChI=1S/C13H19NO4S/c1-9(8-10(2)15)14-13(16)11-4-6-12(7-5-11)19(3,17)18/h4-7,9-10,15H,8H2,1-3H3,(H,14,16). The molecule has 6 heteroatoms. The average Bonchev–Trinajstić information content (AvgIpc) is 2.26. The highest BCUT2D eigenvalue weighted by molar-refractivity contribution is 7.90. The highest BCUT2D eigenvalue weighted by atomic mass is 32.2. The Kier molecular flexibility index (Phi) is 5.08. The smallest absolute Gasteiger partial charge is 0.251 e. The largest absolute Gasteiger partial charge is 0.393 e. The molecule has 19 heavy (non-hydrogen) atoms. The first-order chi connectivity index (χ1) is 8.70. The maximum atomic E-state index is 11.9. The van der Waals surface area contributed by atoms with Crippen LogP contribution in [0.25, 0.3) is 0 Å². The molecule has 2 atom stereocenters. The van der Waals surface area contributed by atoms with Crippen molar-refractivity contribution < 1.29 is 18.3 Å². The summed E-state index contributed by atoms with van der Waals surface area (Å²) in [6.07, 6.45) is 1.10. The summed E-state index contributed by atoms with van der Waals surface area (Å²) in [5.41, 5.74) is 0.393. The Balaban J connectivity index is 2.74. The minimum Gasteiger partial charge on any atom is -0.393 e. The fraction of sp³-hybridized carbons (Fsp3) is 0.462. The first kappa shape index (κ1) is 15.7. The van der Waals surface area contributed by atoms with Crippen molar-refractivity contribution in [3.8, 4) is 0 Å². The van der Waals surface area contributed by atoms with Gasteiger partial charge in [0, 0.05) is 17.9 Å². The van der Waals surface area contributed by atoms with Crippen LogP contribution in [0.2, 0.25) is 0 Å². The molecular weight excluding hydrogens is 266 g/mol. The molecular formula is C13H19NO4S. The van der Waals surface area contributed by atoms with Crippen molar-refractivity contribution in [2.45, 2.75) is 37.3 Å². The second kappa shape index (κ2) is 6.16. The van der Waals surface area contributed by atoms with Gasteiger partial charge in [-0.3, -0.25) is 4.79 Å². The molecule has 0 fully saturated rings. The zero-order chi connectivity index (χ0) is 14.6. The summed E-state index contributed by atoms with van der Waals surface area (Å²) < 4.78 is 22.6. The van der Waals surface area contributed by atoms with Crippen LogP contribution in [0.4, 0.5) is 0 Å². The van der Waals surface area contributed by atoms with E-state index in [0.29, 0.717) is 12.0 Å². The Labute approximate surface area is 113 Å². The van der Waals surface area contributed by atoms with E-state index in [2.05, 4.69) is 5.32 Å². The molecule has 1 aromatic carbocycles. The number of hydrogen-bond acceptors (Lipinski definition) is 4. The van der Waals surface area contributed by atoms with Gasteiger partial charge in [0.1, 0.15) is 0 Å². The highest BCUT2D eigenvalue weighted by Crippen LogP contribution is 2.10. The fourth-order valence-electron chi connectivity index (χ4n) is 1.73. The molecule has 0 heterocycles. The van der Waals surface area contributed by atoms with E-state index in [0.717, 1.165) is 6.26 Å². The van der Waals surface area contributed by atoms with E-state index in [4.69, 9.17) is 0 Å². The number of carbonyl (C=O) groups excluding carboxylic acids is 1. The molecule has 106 valence electrons. The molecule has 0 aliphatic rings. The lowest BCUT2D eigenvalue weighted by atomic mass is 10.1. The van der Waals surface area contributed by atoms with E-state index >= 15 is 0 Å². The predicted octanol–water partition coefficient (Wildman–Crippen LogP) is 0.979. The van der Waals surface area contributed by atoms with Crippen LogP contribution in [-0.2, 0) is 9.84 Å². The van der Waals surface area contributed by atoms with Crippen LogP contribution in [0.1, 0.15) is 30.6 Å². The third kappa shape index (κ3) is 5.00. The molecule has 0 spiro atoms. The van der Waals surface area contributed by atoms with E-state index in [1.807, 2.05) is 0 Å². The molecule has 2 unspecified atom stereocenters. The lowest BCUT2D eigenvalue weighted by Gasteiger charge is -2.15. The zero-order valence-corrected chi connectivity index (χ0v) is 12.1. The molecule has 1 aromatic rings. The summed E-state index contributed by atoms with van der Waals surface area (Å²) in [5.74, 6) is -0.284. The van der Waals surface area contributed by atoms with Gasteiger partial charge in [-0.15, -0.1) is 0 Å². The lowest BCUT2D eigenvalue weighted by molar-refractivity contribution is 0.0923. The van der Waals surface area contributed by atoms with Crippen LogP contribution in [-0.4, -0.2) is 37.8 Å². The minimum atomic E-state index is -3.25. The second-order valence-corrected chi connectivity index (χ2v) is 6.77. The summed E-state index contributed by atoms with van der Waals surface area (Å²) in [6.45, 7) is 3.46. The molecule has 0 aliphatic carbocycles. The van der Waals surface area contributed by atoms with E-state index in [9.17, 15) is 18.3 Å². The number of nitrogens with one attached hydrogen (secondary N) is 1. The maximum absolute atomic E-state index is 11.9. The Morgan fingerprint density at radius 1 is 1.26 bits per heavy atom. The topological polar surface area (TPSA) is 83.5 Å². The second-order valence-electron chi connectivity index (χ2n) is 4.76. The van der Waals surface area contributed by atoms with Crippen molar-refractivity contribution in [2.24, 2.45) is 0 Å². The van der Waals surface area contributed by atoms with Crippen molar-refractivity contribution >= 4 is 15.7 Å². The summed E-state index contributed by atoms with van der Waals surface area (Å²) in [5, 5.41) is 12.0. The number of benzene rings is 1. The molecule has 0 aromatic heterocycles. The predicted molar refractivity (Wildman–Crippen MR) is 72.8 cm³/mol. The first-order valence-electron chi connectivity index (χ1n) is 5.99. The molecule has 1 rings (SSSR count). The fourth-order valence-corrected chi connectivity index (χ4v) is 2.36. The molecule has 2 N–H and O–H groups in total. The summed E-state index contributed by atoms with van der Waals surface area (Å²) >= 11 is 0. The number of sulfone groups is 1. The average molecular weight is 285 g/mol. The Hall–Kier alpha value is -1.40. The molecule has 1 amide bonds. The molecule has 0 aliphatic heterocycles. The Morgan fingerprint density at radius 2 is 1.79 bits per heavy atom. The van der Waals surface area contributed by atoms with Crippen LogP contribution in [0, 0.1) is 0 Å². The van der Waals surface area contributed by atoms with E-state index in [-0.39, 0.29) is 16.8 Å². The maximum Gasteiger partial charge on any atom is 0.251 e. The third-order valence-corrected chi connectivity index (χ3v) is 3.75. The van der Waals surface area contributed by atoms with Crippen molar-refractivity contribution in [2.75, 3.05) is 6.26 Å². The van der Waals surface area contributed by atoms with Gasteiger partial charge in [0.25, 0.3) is 5.91 Å². The molecule has 0 saturated heterocycles. The van der Waals surface area contributed by atoms with Crippen LogP contribution in [0.3, 0.4) is 0 Å². The molecule has 5 nitrogen and oxygen atoms in total. The van der Waals surface area contributed by atoms with Gasteiger partial charge >= 0.3 is 0 Å². The van der Waals surface area contributed by atoms with Crippen molar-refractivity contribution in [1.29, 1.82) is 0 Å². The normalized spacial score (nSPS) is 14.7. The van der Waals surface area contributed by atoms with Gasteiger partial charge < -0.3 is 10.4 Å². The Morgan fingerprint density at radius 3 is 2.21 bits per heavy atom. The van der Waals surface area contributed by atoms with Crippen molar-refractivity contribution in [3.63, 3.8) is 0 Å². The van der Waals surface area contributed by atoms with Gasteiger partial charge in [0.2, 0.25) is 0 Å². The van der Waals surface area contributed by atoms with Gasteiger partial charge in [-0.2, -0.15) is 0 Å². The molecule has 0 saturated carbocycles. The van der Waals surface area contributed by atoms with Crippen LogP contribution in [0.5, 0.6) is 0 Å². The summed E-state index contributed by atoms with van der Waals surface area (Å²) in [6, 6.07) is 5.61. The summed E-state index contributed by atoms with van der Waals surface area (Å²) in [7, 11) is -3.25. The molecule has 0 bridgehead atoms.